The van der Waals surface area contributed by atoms with Crippen LogP contribution in [0.2, 0.25) is 0 Å². The predicted octanol–water partition coefficient (Wildman–Crippen LogP) is 3.17. The van der Waals surface area contributed by atoms with Crippen LogP contribution < -0.4 is 21.3 Å². The van der Waals surface area contributed by atoms with Gasteiger partial charge in [-0.15, -0.1) is 18.9 Å². The third-order valence-corrected chi connectivity index (χ3v) is 5.00. The molecule has 0 fully saturated rings. The van der Waals surface area contributed by atoms with Crippen LogP contribution in [0, 0.1) is 17.8 Å². The molecular weight excluding hydrogens is 498 g/mol. The highest BCUT2D eigenvalue weighted by Gasteiger charge is 2.34. The number of hydrogen-bond donors (Lipinski definition) is 4. The summed E-state index contributed by atoms with van der Waals surface area (Å²) in [5.74, 6) is 0.228. The molecule has 2 unspecified atom stereocenters. The number of unbranched alkanes of at least 4 members (excludes halogenated alkanes) is 1. The van der Waals surface area contributed by atoms with Crippen LogP contribution in [0.3, 0.4) is 0 Å². The minimum absolute atomic E-state index is 0.120. The fourth-order valence-electron chi connectivity index (χ4n) is 2.99. The van der Waals surface area contributed by atoms with Crippen LogP contribution in [0.15, 0.2) is 12.7 Å². The minimum Gasteiger partial charge on any atom is -0.346 e. The molecule has 5 amide bonds. The summed E-state index contributed by atoms with van der Waals surface area (Å²) in [5.41, 5.74) is -0.490. The topological polar surface area (TPSA) is 137 Å². The molecule has 0 heterocycles. The maximum absolute atomic E-state index is 12.8. The standard InChI is InChI=1S/C24H39N5O5.C3H8.C2H6/c1-8-10-13-17(19(31)21(32)26-15-9-2)27-18(30)14-11-12-16-29(7)22(33)20(24(3,4)5)28-23(34)25-6;1-3-2;1-2/h1,9,17,20H,2,10-16H2,3-7H3,(H,26,32)(H,27,30)(H2,25,28,34);3H2,1-2H3;1-2H3. The van der Waals surface area contributed by atoms with Crippen molar-refractivity contribution in [2.24, 2.45) is 5.41 Å². The molecule has 0 aromatic heterocycles. The van der Waals surface area contributed by atoms with Gasteiger partial charge in [-0.2, -0.15) is 0 Å². The summed E-state index contributed by atoms with van der Waals surface area (Å²) >= 11 is 0. The van der Waals surface area contributed by atoms with Crippen LogP contribution >= 0.6 is 0 Å². The Morgan fingerprint density at radius 2 is 1.62 bits per heavy atom. The number of amides is 5. The fourth-order valence-corrected chi connectivity index (χ4v) is 2.99. The van der Waals surface area contributed by atoms with Gasteiger partial charge in [-0.05, 0) is 24.7 Å². The molecule has 39 heavy (non-hydrogen) atoms. The molecule has 2 atom stereocenters. The van der Waals surface area contributed by atoms with Gasteiger partial charge < -0.3 is 26.2 Å². The van der Waals surface area contributed by atoms with Crippen molar-refractivity contribution in [3.63, 3.8) is 0 Å². The zero-order chi connectivity index (χ0) is 31.0. The van der Waals surface area contributed by atoms with Crippen LogP contribution in [0.1, 0.15) is 87.0 Å². The Morgan fingerprint density at radius 3 is 2.08 bits per heavy atom. The Labute approximate surface area is 236 Å². The number of urea groups is 1. The average Bonchev–Trinajstić information content (AvgIpc) is 2.90. The number of Topliss-reactive ketones (excluding diaryl/α,β-unsaturated/α-hetero) is 1. The van der Waals surface area contributed by atoms with Crippen LogP contribution in [0.5, 0.6) is 0 Å². The Kier molecular flexibility index (Phi) is 24.4. The molecule has 0 saturated carbocycles. The van der Waals surface area contributed by atoms with Crippen molar-refractivity contribution in [3.05, 3.63) is 12.7 Å². The maximum atomic E-state index is 12.8. The van der Waals surface area contributed by atoms with Gasteiger partial charge in [-0.25, -0.2) is 4.79 Å². The third-order valence-electron chi connectivity index (χ3n) is 5.00. The molecule has 0 spiro atoms. The molecule has 0 aliphatic rings. The number of carbonyl (C=O) groups excluding carboxylic acids is 5. The van der Waals surface area contributed by atoms with E-state index in [-0.39, 0.29) is 37.6 Å². The lowest BCUT2D eigenvalue weighted by Gasteiger charge is -2.33. The minimum atomic E-state index is -0.999. The second-order valence-electron chi connectivity index (χ2n) is 9.67. The first kappa shape index (κ1) is 40.2. The fraction of sp³-hybridized carbons (Fsp3) is 0.690. The van der Waals surface area contributed by atoms with Crippen molar-refractivity contribution in [2.45, 2.75) is 99.1 Å². The van der Waals surface area contributed by atoms with Gasteiger partial charge in [0.2, 0.25) is 17.6 Å². The molecule has 4 N–H and O–H groups in total. The summed E-state index contributed by atoms with van der Waals surface area (Å²) in [6, 6.07) is -2.15. The summed E-state index contributed by atoms with van der Waals surface area (Å²) in [7, 11) is 3.12. The summed E-state index contributed by atoms with van der Waals surface area (Å²) in [5, 5.41) is 10.1. The molecule has 0 bridgehead atoms. The van der Waals surface area contributed by atoms with Gasteiger partial charge in [-0.1, -0.05) is 61.0 Å². The lowest BCUT2D eigenvalue weighted by molar-refractivity contribution is -0.140. The average molecular weight is 552 g/mol. The highest BCUT2D eigenvalue weighted by Crippen LogP contribution is 2.21. The molecule has 0 aliphatic carbocycles. The second-order valence-corrected chi connectivity index (χ2v) is 9.67. The number of ketones is 1. The highest BCUT2D eigenvalue weighted by molar-refractivity contribution is 6.38. The van der Waals surface area contributed by atoms with E-state index in [0.29, 0.717) is 19.4 Å². The molecule has 0 aromatic carbocycles. The number of carbonyl (C=O) groups is 5. The van der Waals surface area contributed by atoms with Crippen molar-refractivity contribution in [3.8, 4) is 12.3 Å². The summed E-state index contributed by atoms with van der Waals surface area (Å²) < 4.78 is 0. The molecule has 224 valence electrons. The van der Waals surface area contributed by atoms with E-state index in [1.807, 2.05) is 34.6 Å². The van der Waals surface area contributed by atoms with E-state index < -0.39 is 35.2 Å². The quantitative estimate of drug-likeness (QED) is 0.114. The van der Waals surface area contributed by atoms with E-state index in [1.165, 1.54) is 24.4 Å². The Bertz CT molecular complexity index is 799. The first-order valence-corrected chi connectivity index (χ1v) is 13.7. The van der Waals surface area contributed by atoms with Crippen LogP contribution in [-0.2, 0) is 19.2 Å². The lowest BCUT2D eigenvalue weighted by atomic mass is 9.86. The summed E-state index contributed by atoms with van der Waals surface area (Å²) in [6.45, 7) is 17.8. The molecule has 10 nitrogen and oxygen atoms in total. The van der Waals surface area contributed by atoms with Gasteiger partial charge in [0.1, 0.15) is 6.04 Å². The Hall–Kier alpha value is -3.35. The number of nitrogens with zero attached hydrogens (tertiary/aromatic N) is 1. The van der Waals surface area contributed by atoms with E-state index in [0.717, 1.165) is 0 Å². The number of likely N-dealkylation sites (N-methyl/N-ethyl adjacent to an activating group) is 1. The van der Waals surface area contributed by atoms with Crippen molar-refractivity contribution in [2.75, 3.05) is 27.2 Å². The van der Waals surface area contributed by atoms with Crippen molar-refractivity contribution >= 4 is 29.5 Å². The summed E-state index contributed by atoms with van der Waals surface area (Å²) in [4.78, 5) is 62.7. The van der Waals surface area contributed by atoms with E-state index in [9.17, 15) is 24.0 Å². The lowest BCUT2D eigenvalue weighted by Crippen LogP contribution is -2.55. The van der Waals surface area contributed by atoms with Gasteiger partial charge in [0, 0.05) is 40.0 Å². The molecule has 0 rings (SSSR count). The zero-order valence-electron chi connectivity index (χ0n) is 25.7. The first-order chi connectivity index (χ1) is 18.3. The predicted molar refractivity (Wildman–Crippen MR) is 158 cm³/mol. The van der Waals surface area contributed by atoms with Crippen molar-refractivity contribution in [1.82, 2.24) is 26.2 Å². The highest BCUT2D eigenvalue weighted by atomic mass is 16.2. The first-order valence-electron chi connectivity index (χ1n) is 13.7. The number of hydrogen-bond acceptors (Lipinski definition) is 5. The summed E-state index contributed by atoms with van der Waals surface area (Å²) in [6.07, 6.45) is 9.46. The second kappa shape index (κ2) is 23.7. The van der Waals surface area contributed by atoms with Crippen molar-refractivity contribution < 1.29 is 24.0 Å². The molecular formula is C29H53N5O5. The van der Waals surface area contributed by atoms with E-state index in [2.05, 4.69) is 47.6 Å². The smallest absolute Gasteiger partial charge is 0.315 e. The van der Waals surface area contributed by atoms with Gasteiger partial charge in [0.05, 0.1) is 6.04 Å². The monoisotopic (exact) mass is 551 g/mol. The van der Waals surface area contributed by atoms with Gasteiger partial charge in [0.15, 0.2) is 0 Å². The van der Waals surface area contributed by atoms with Gasteiger partial charge >= 0.3 is 6.03 Å². The van der Waals surface area contributed by atoms with E-state index in [4.69, 9.17) is 6.42 Å². The van der Waals surface area contributed by atoms with Crippen LogP contribution in [0.25, 0.3) is 0 Å². The molecule has 0 saturated heterocycles. The molecule has 0 radical (unpaired) electrons. The molecule has 0 aliphatic heterocycles. The SMILES string of the molecule is C#CCCC(NC(=O)CCCCN(C)C(=O)C(NC(=O)NC)C(C)(C)C)C(=O)C(=O)NCC=C.CC.CCC. The number of nitrogens with one attached hydrogen (secondary N) is 4. The maximum Gasteiger partial charge on any atom is 0.315 e. The van der Waals surface area contributed by atoms with E-state index in [1.54, 1.807) is 7.05 Å². The Morgan fingerprint density at radius 1 is 1.05 bits per heavy atom. The molecule has 10 heteroatoms. The third kappa shape index (κ3) is 19.4. The molecule has 0 aromatic rings. The van der Waals surface area contributed by atoms with Crippen LogP contribution in [0.4, 0.5) is 4.79 Å². The van der Waals surface area contributed by atoms with Gasteiger partial charge in [0.25, 0.3) is 5.91 Å². The van der Waals surface area contributed by atoms with Crippen molar-refractivity contribution in [1.29, 1.82) is 0 Å². The van der Waals surface area contributed by atoms with Crippen LogP contribution in [-0.4, -0.2) is 73.7 Å². The zero-order valence-corrected chi connectivity index (χ0v) is 25.7. The number of rotatable bonds is 14. The number of terminal acetylenes is 1. The Balaban J connectivity index is -0.00000241. The normalized spacial score (nSPS) is 11.4. The largest absolute Gasteiger partial charge is 0.346 e. The van der Waals surface area contributed by atoms with Gasteiger partial charge in [-0.3, -0.25) is 19.2 Å². The van der Waals surface area contributed by atoms with E-state index >= 15 is 0 Å².